The van der Waals surface area contributed by atoms with Crippen molar-refractivity contribution in [2.45, 2.75) is 57.8 Å². The molecule has 0 aliphatic heterocycles. The zero-order valence-corrected chi connectivity index (χ0v) is 21.8. The third-order valence-electron chi connectivity index (χ3n) is 8.12. The van der Waals surface area contributed by atoms with Crippen LogP contribution < -0.4 is 0 Å². The second-order valence-electron chi connectivity index (χ2n) is 10.6. The molecule has 0 heteroatoms. The summed E-state index contributed by atoms with van der Waals surface area (Å²) in [6, 6.07) is 40.3. The van der Waals surface area contributed by atoms with Gasteiger partial charge >= 0.3 is 0 Å². The molecule has 6 aromatic carbocycles. The Morgan fingerprint density at radius 3 is 0.892 bits per heavy atom. The van der Waals surface area contributed by atoms with Gasteiger partial charge < -0.3 is 0 Å². The maximum absolute atomic E-state index is 2.34. The molecule has 0 aromatic heterocycles. The molecule has 0 N–H and O–H groups in total. The fourth-order valence-electron chi connectivity index (χ4n) is 6.24. The van der Waals surface area contributed by atoms with E-state index in [0.29, 0.717) is 0 Å². The molecular formula is C37H36. The summed E-state index contributed by atoms with van der Waals surface area (Å²) in [6.07, 6.45) is 11.6. The van der Waals surface area contributed by atoms with E-state index in [2.05, 4.69) is 109 Å². The first kappa shape index (κ1) is 23.7. The summed E-state index contributed by atoms with van der Waals surface area (Å²) in [5, 5.41) is 11.2. The van der Waals surface area contributed by atoms with Crippen LogP contribution in [0.3, 0.4) is 0 Å². The van der Waals surface area contributed by atoms with Crippen LogP contribution in [0.1, 0.15) is 56.1 Å². The lowest BCUT2D eigenvalue weighted by molar-refractivity contribution is 0.580. The van der Waals surface area contributed by atoms with Crippen molar-refractivity contribution < 1.29 is 0 Å². The Morgan fingerprint density at radius 2 is 0.568 bits per heavy atom. The lowest BCUT2D eigenvalue weighted by Gasteiger charge is -2.12. The summed E-state index contributed by atoms with van der Waals surface area (Å²) in [6.45, 7) is 0. The molecule has 6 rings (SSSR count). The summed E-state index contributed by atoms with van der Waals surface area (Å²) >= 11 is 0. The van der Waals surface area contributed by atoms with Crippen molar-refractivity contribution in [1.82, 2.24) is 0 Å². The number of fused-ring (bicyclic) bond motifs is 4. The highest BCUT2D eigenvalue weighted by atomic mass is 14.1. The molecule has 184 valence electrons. The van der Waals surface area contributed by atoms with Gasteiger partial charge in [0.25, 0.3) is 0 Å². The molecule has 6 aromatic rings. The third kappa shape index (κ3) is 5.12. The van der Waals surface area contributed by atoms with E-state index in [0.717, 1.165) is 0 Å². The average Bonchev–Trinajstić information content (AvgIpc) is 2.95. The molecule has 0 fully saturated rings. The largest absolute Gasteiger partial charge is 0.0616 e. The van der Waals surface area contributed by atoms with E-state index in [1.54, 1.807) is 0 Å². The van der Waals surface area contributed by atoms with Crippen LogP contribution in [0.5, 0.6) is 0 Å². The van der Waals surface area contributed by atoms with E-state index >= 15 is 0 Å². The zero-order chi connectivity index (χ0) is 24.9. The molecule has 0 unspecified atom stereocenters. The van der Waals surface area contributed by atoms with Gasteiger partial charge in [0, 0.05) is 0 Å². The molecule has 37 heavy (non-hydrogen) atoms. The molecule has 0 atom stereocenters. The van der Waals surface area contributed by atoms with Gasteiger partial charge in [0.2, 0.25) is 0 Å². The average molecular weight is 481 g/mol. The van der Waals surface area contributed by atoms with Crippen LogP contribution in [0.2, 0.25) is 0 Å². The van der Waals surface area contributed by atoms with Crippen LogP contribution in [0.15, 0.2) is 109 Å². The quantitative estimate of drug-likeness (QED) is 0.135. The van der Waals surface area contributed by atoms with E-state index in [4.69, 9.17) is 0 Å². The van der Waals surface area contributed by atoms with Crippen molar-refractivity contribution in [1.29, 1.82) is 0 Å². The molecule has 0 aliphatic rings. The lowest BCUT2D eigenvalue weighted by atomic mass is 9.92. The summed E-state index contributed by atoms with van der Waals surface area (Å²) in [7, 11) is 0. The Bertz CT molecular complexity index is 1420. The second-order valence-corrected chi connectivity index (χ2v) is 10.6. The van der Waals surface area contributed by atoms with E-state index in [-0.39, 0.29) is 0 Å². The van der Waals surface area contributed by atoms with Crippen molar-refractivity contribution in [3.8, 4) is 0 Å². The molecule has 0 nitrogen and oxygen atoms in total. The summed E-state index contributed by atoms with van der Waals surface area (Å²) in [5.41, 5.74) is 3.08. The molecule has 0 spiro atoms. The fourth-order valence-corrected chi connectivity index (χ4v) is 6.24. The minimum absolute atomic E-state index is 1.18. The topological polar surface area (TPSA) is 0 Å². The maximum atomic E-state index is 2.34. The van der Waals surface area contributed by atoms with Crippen molar-refractivity contribution in [3.63, 3.8) is 0 Å². The number of hydrogen-bond acceptors (Lipinski definition) is 0. The molecule has 0 heterocycles. The van der Waals surface area contributed by atoms with Crippen LogP contribution in [0.4, 0.5) is 0 Å². The predicted molar refractivity (Wildman–Crippen MR) is 163 cm³/mol. The normalized spacial score (nSPS) is 11.7. The third-order valence-corrected chi connectivity index (χ3v) is 8.12. The SMILES string of the molecule is c1ccc2c(CCCCCCCCCc3c4ccccc4cc4ccccc34)c3ccccc3cc2c1. The van der Waals surface area contributed by atoms with Gasteiger partial charge in [-0.05, 0) is 92.0 Å². The summed E-state index contributed by atoms with van der Waals surface area (Å²) in [5.74, 6) is 0. The van der Waals surface area contributed by atoms with Gasteiger partial charge in [-0.15, -0.1) is 0 Å². The summed E-state index contributed by atoms with van der Waals surface area (Å²) in [4.78, 5) is 0. The minimum atomic E-state index is 1.18. The van der Waals surface area contributed by atoms with Crippen LogP contribution in [-0.2, 0) is 12.8 Å². The number of benzene rings is 6. The lowest BCUT2D eigenvalue weighted by Crippen LogP contribution is -1.92. The Kier molecular flexibility index (Phi) is 7.17. The van der Waals surface area contributed by atoms with Gasteiger partial charge in [-0.1, -0.05) is 129 Å². The molecule has 0 saturated carbocycles. The van der Waals surface area contributed by atoms with Gasteiger partial charge in [-0.3, -0.25) is 0 Å². The fraction of sp³-hybridized carbons (Fsp3) is 0.243. The second kappa shape index (κ2) is 11.2. The Labute approximate surface area is 220 Å². The van der Waals surface area contributed by atoms with Gasteiger partial charge in [0.15, 0.2) is 0 Å². The van der Waals surface area contributed by atoms with E-state index in [1.807, 2.05) is 0 Å². The van der Waals surface area contributed by atoms with E-state index in [1.165, 1.54) is 112 Å². The van der Waals surface area contributed by atoms with Crippen molar-refractivity contribution in [3.05, 3.63) is 120 Å². The van der Waals surface area contributed by atoms with Crippen LogP contribution >= 0.6 is 0 Å². The highest BCUT2D eigenvalue weighted by molar-refractivity contribution is 6.03. The monoisotopic (exact) mass is 480 g/mol. The van der Waals surface area contributed by atoms with Gasteiger partial charge in [-0.25, -0.2) is 0 Å². The molecular weight excluding hydrogens is 444 g/mol. The van der Waals surface area contributed by atoms with Crippen LogP contribution in [0, 0.1) is 0 Å². The van der Waals surface area contributed by atoms with Crippen molar-refractivity contribution in [2.75, 3.05) is 0 Å². The Balaban J connectivity index is 1.00. The molecule has 0 aliphatic carbocycles. The first-order chi connectivity index (χ1) is 18.4. The standard InChI is InChI=1S/C37H36/c1(2-4-6-24-36-32-20-12-8-16-28(32)26-29-17-9-13-21-33(29)36)3-5-7-25-37-34-22-14-10-18-30(34)27-31-19-11-15-23-35(31)37/h8-23,26-27H,1-7,24-25H2. The molecule has 0 saturated heterocycles. The molecule has 0 radical (unpaired) electrons. The van der Waals surface area contributed by atoms with E-state index in [9.17, 15) is 0 Å². The van der Waals surface area contributed by atoms with Gasteiger partial charge in [0.1, 0.15) is 0 Å². The smallest absolute Gasteiger partial charge is 0.0146 e. The predicted octanol–water partition coefficient (Wildman–Crippen LogP) is 10.8. The highest BCUT2D eigenvalue weighted by Crippen LogP contribution is 2.31. The first-order valence-corrected chi connectivity index (χ1v) is 14.2. The van der Waals surface area contributed by atoms with Gasteiger partial charge in [-0.2, -0.15) is 0 Å². The number of aryl methyl sites for hydroxylation is 2. The highest BCUT2D eigenvalue weighted by Gasteiger charge is 2.08. The first-order valence-electron chi connectivity index (χ1n) is 14.2. The minimum Gasteiger partial charge on any atom is -0.0616 e. The van der Waals surface area contributed by atoms with Crippen LogP contribution in [-0.4, -0.2) is 0 Å². The zero-order valence-electron chi connectivity index (χ0n) is 21.8. The number of hydrogen-bond donors (Lipinski definition) is 0. The Hall–Kier alpha value is -3.64. The van der Waals surface area contributed by atoms with Gasteiger partial charge in [0.05, 0.1) is 0 Å². The van der Waals surface area contributed by atoms with Crippen molar-refractivity contribution >= 4 is 43.1 Å². The summed E-state index contributed by atoms with van der Waals surface area (Å²) < 4.78 is 0. The molecule has 0 amide bonds. The molecule has 0 bridgehead atoms. The van der Waals surface area contributed by atoms with Crippen molar-refractivity contribution in [2.24, 2.45) is 0 Å². The van der Waals surface area contributed by atoms with E-state index < -0.39 is 0 Å². The Morgan fingerprint density at radius 1 is 0.297 bits per heavy atom. The van der Waals surface area contributed by atoms with Crippen LogP contribution in [0.25, 0.3) is 43.1 Å². The maximum Gasteiger partial charge on any atom is -0.0146 e. The number of rotatable bonds is 10. The number of unbranched alkanes of at least 4 members (excludes halogenated alkanes) is 6.